The van der Waals surface area contributed by atoms with E-state index >= 15 is 0 Å². The van der Waals surface area contributed by atoms with Crippen LogP contribution < -0.4 is 4.90 Å². The number of nitrogens with zero attached hydrogens (tertiary/aromatic N) is 4. The molecule has 0 spiro atoms. The van der Waals surface area contributed by atoms with E-state index in [1.54, 1.807) is 11.0 Å². The lowest BCUT2D eigenvalue weighted by atomic mass is 10.1. The molecule has 6 nitrogen and oxygen atoms in total. The molecule has 0 bridgehead atoms. The fourth-order valence-corrected chi connectivity index (χ4v) is 2.90. The van der Waals surface area contributed by atoms with E-state index in [0.717, 1.165) is 12.1 Å². The third kappa shape index (κ3) is 4.30. The van der Waals surface area contributed by atoms with Crippen molar-refractivity contribution in [3.8, 4) is 6.07 Å². The van der Waals surface area contributed by atoms with Crippen LogP contribution in [0.5, 0.6) is 0 Å². The highest BCUT2D eigenvalue weighted by Crippen LogP contribution is 2.27. The largest absolute Gasteiger partial charge is 0.444 e. The van der Waals surface area contributed by atoms with Crippen molar-refractivity contribution >= 4 is 23.4 Å². The minimum atomic E-state index is -0.510. The van der Waals surface area contributed by atoms with Crippen LogP contribution in [0.15, 0.2) is 12.1 Å². The Morgan fingerprint density at radius 2 is 2.17 bits per heavy atom. The van der Waals surface area contributed by atoms with Gasteiger partial charge in [0.15, 0.2) is 5.69 Å². The zero-order chi connectivity index (χ0) is 17.9. The number of halogens is 1. The number of anilines is 1. The first-order valence-electron chi connectivity index (χ1n) is 8.06. The van der Waals surface area contributed by atoms with Crippen LogP contribution in [0.4, 0.5) is 10.5 Å². The van der Waals surface area contributed by atoms with Crippen molar-refractivity contribution in [2.45, 2.75) is 45.8 Å². The Labute approximate surface area is 148 Å². The Morgan fingerprint density at radius 1 is 1.46 bits per heavy atom. The van der Waals surface area contributed by atoms with Crippen LogP contribution in [0.2, 0.25) is 5.15 Å². The predicted molar refractivity (Wildman–Crippen MR) is 93.2 cm³/mol. The number of carbonyl (C=O) groups excluding carboxylic acids is 1. The van der Waals surface area contributed by atoms with Crippen molar-refractivity contribution in [1.29, 1.82) is 5.26 Å². The van der Waals surface area contributed by atoms with Gasteiger partial charge in [0.2, 0.25) is 0 Å². The van der Waals surface area contributed by atoms with Gasteiger partial charge < -0.3 is 14.5 Å². The Kier molecular flexibility index (Phi) is 5.55. The highest BCUT2D eigenvalue weighted by atomic mass is 35.5. The normalized spacial score (nSPS) is 18.2. The molecule has 0 aromatic carbocycles. The summed E-state index contributed by atoms with van der Waals surface area (Å²) in [4.78, 5) is 20.2. The maximum absolute atomic E-state index is 12.3. The monoisotopic (exact) mass is 350 g/mol. The van der Waals surface area contributed by atoms with E-state index in [0.29, 0.717) is 30.5 Å². The lowest BCUT2D eigenvalue weighted by Crippen LogP contribution is -2.55. The summed E-state index contributed by atoms with van der Waals surface area (Å²) in [7, 11) is 0. The third-order valence-corrected chi connectivity index (χ3v) is 4.07. The van der Waals surface area contributed by atoms with Crippen LogP contribution in [-0.4, -0.2) is 47.3 Å². The van der Waals surface area contributed by atoms with E-state index in [-0.39, 0.29) is 12.1 Å². The van der Waals surface area contributed by atoms with Crippen molar-refractivity contribution in [2.75, 3.05) is 24.5 Å². The summed E-state index contributed by atoms with van der Waals surface area (Å²) < 4.78 is 5.46. The number of hydrogen-bond acceptors (Lipinski definition) is 5. The molecular weight excluding hydrogens is 328 g/mol. The summed E-state index contributed by atoms with van der Waals surface area (Å²) in [5.41, 5.74) is 0.563. The van der Waals surface area contributed by atoms with E-state index in [2.05, 4.69) is 22.9 Å². The first kappa shape index (κ1) is 18.3. The van der Waals surface area contributed by atoms with Gasteiger partial charge in [0.05, 0.1) is 5.69 Å². The highest BCUT2D eigenvalue weighted by molar-refractivity contribution is 6.29. The fraction of sp³-hybridized carbons (Fsp3) is 0.588. The Balaban J connectivity index is 2.17. The van der Waals surface area contributed by atoms with Gasteiger partial charge in [-0.3, -0.25) is 0 Å². The molecule has 1 amide bonds. The molecule has 130 valence electrons. The lowest BCUT2D eigenvalue weighted by Gasteiger charge is -2.42. The number of rotatable bonds is 2. The molecule has 1 atom stereocenters. The van der Waals surface area contributed by atoms with Gasteiger partial charge in [0.25, 0.3) is 0 Å². The topological polar surface area (TPSA) is 69.5 Å². The number of pyridine rings is 1. The Bertz CT molecular complexity index is 651. The molecule has 0 aliphatic carbocycles. The van der Waals surface area contributed by atoms with Crippen molar-refractivity contribution in [2.24, 2.45) is 0 Å². The number of aromatic nitrogens is 1. The van der Waals surface area contributed by atoms with Crippen molar-refractivity contribution in [1.82, 2.24) is 9.88 Å². The predicted octanol–water partition coefficient (Wildman–Crippen LogP) is 3.44. The number of amides is 1. The molecule has 2 heterocycles. The van der Waals surface area contributed by atoms with Gasteiger partial charge in [0, 0.05) is 25.7 Å². The molecule has 2 rings (SSSR count). The van der Waals surface area contributed by atoms with E-state index in [4.69, 9.17) is 16.3 Å². The zero-order valence-electron chi connectivity index (χ0n) is 14.5. The molecule has 1 aromatic heterocycles. The van der Waals surface area contributed by atoms with E-state index in [9.17, 15) is 10.1 Å². The molecule has 1 aliphatic heterocycles. The second-order valence-corrected chi connectivity index (χ2v) is 7.18. The Hall–Kier alpha value is -2.00. The summed E-state index contributed by atoms with van der Waals surface area (Å²) >= 11 is 5.88. The van der Waals surface area contributed by atoms with Crippen LogP contribution in [0.1, 0.15) is 39.8 Å². The Morgan fingerprint density at radius 3 is 2.75 bits per heavy atom. The van der Waals surface area contributed by atoms with Crippen LogP contribution in [-0.2, 0) is 4.74 Å². The second kappa shape index (κ2) is 7.27. The maximum Gasteiger partial charge on any atom is 0.410 e. The molecule has 0 radical (unpaired) electrons. The van der Waals surface area contributed by atoms with Crippen molar-refractivity contribution < 1.29 is 9.53 Å². The van der Waals surface area contributed by atoms with Gasteiger partial charge in [0.1, 0.15) is 16.8 Å². The number of ether oxygens (including phenoxy) is 1. The SMILES string of the molecule is CC[C@@H]1CN(C(=O)OC(C)(C)C)CCN1c1ccc(Cl)nc1C#N. The number of hydrogen-bond donors (Lipinski definition) is 0. The van der Waals surface area contributed by atoms with Gasteiger partial charge in [-0.05, 0) is 39.3 Å². The molecule has 1 aromatic rings. The molecule has 1 saturated heterocycles. The number of nitriles is 1. The summed E-state index contributed by atoms with van der Waals surface area (Å²) in [5.74, 6) is 0. The van der Waals surface area contributed by atoms with E-state index in [1.807, 2.05) is 26.8 Å². The van der Waals surface area contributed by atoms with Gasteiger partial charge in [-0.2, -0.15) is 5.26 Å². The molecule has 7 heteroatoms. The first-order chi connectivity index (χ1) is 11.2. The zero-order valence-corrected chi connectivity index (χ0v) is 15.3. The maximum atomic E-state index is 12.3. The average Bonchev–Trinajstić information content (AvgIpc) is 2.52. The van der Waals surface area contributed by atoms with E-state index in [1.165, 1.54) is 0 Å². The highest BCUT2D eigenvalue weighted by Gasteiger charge is 2.32. The summed E-state index contributed by atoms with van der Waals surface area (Å²) in [6.45, 7) is 9.35. The molecule has 0 unspecified atom stereocenters. The van der Waals surface area contributed by atoms with Crippen LogP contribution in [0.25, 0.3) is 0 Å². The van der Waals surface area contributed by atoms with Crippen LogP contribution >= 0.6 is 11.6 Å². The fourth-order valence-electron chi connectivity index (χ4n) is 2.76. The molecule has 0 N–H and O–H groups in total. The van der Waals surface area contributed by atoms with Crippen LogP contribution in [0.3, 0.4) is 0 Å². The van der Waals surface area contributed by atoms with Gasteiger partial charge in [-0.15, -0.1) is 0 Å². The number of carbonyl (C=O) groups is 1. The lowest BCUT2D eigenvalue weighted by molar-refractivity contribution is 0.0213. The molecule has 1 fully saturated rings. The standard InChI is InChI=1S/C17H23ClN4O2/c1-5-12-11-21(16(23)24-17(2,3)4)8-9-22(12)14-6-7-15(18)20-13(14)10-19/h6-7,12H,5,8-9,11H2,1-4H3/t12-/m1/s1. The molecular formula is C17H23ClN4O2. The molecule has 24 heavy (non-hydrogen) atoms. The van der Waals surface area contributed by atoms with Crippen molar-refractivity contribution in [3.63, 3.8) is 0 Å². The summed E-state index contributed by atoms with van der Waals surface area (Å²) in [6, 6.07) is 5.70. The van der Waals surface area contributed by atoms with Gasteiger partial charge in [-0.1, -0.05) is 18.5 Å². The minimum absolute atomic E-state index is 0.0985. The van der Waals surface area contributed by atoms with Gasteiger partial charge in [-0.25, -0.2) is 9.78 Å². The van der Waals surface area contributed by atoms with Crippen molar-refractivity contribution in [3.05, 3.63) is 23.0 Å². The third-order valence-electron chi connectivity index (χ3n) is 3.86. The van der Waals surface area contributed by atoms with Crippen LogP contribution in [0, 0.1) is 11.3 Å². The summed E-state index contributed by atoms with van der Waals surface area (Å²) in [5, 5.41) is 9.62. The molecule has 1 aliphatic rings. The van der Waals surface area contributed by atoms with E-state index < -0.39 is 5.60 Å². The smallest absolute Gasteiger partial charge is 0.410 e. The van der Waals surface area contributed by atoms with Gasteiger partial charge >= 0.3 is 6.09 Å². The average molecular weight is 351 g/mol. The minimum Gasteiger partial charge on any atom is -0.444 e. The second-order valence-electron chi connectivity index (χ2n) is 6.80. The summed E-state index contributed by atoms with van der Waals surface area (Å²) in [6.07, 6.45) is 0.544. The molecule has 0 saturated carbocycles. The number of piperazine rings is 1. The quantitative estimate of drug-likeness (QED) is 0.764. The first-order valence-corrected chi connectivity index (χ1v) is 8.44.